The van der Waals surface area contributed by atoms with E-state index in [0.717, 1.165) is 34.6 Å². The molecule has 0 saturated heterocycles. The van der Waals surface area contributed by atoms with Crippen LogP contribution in [-0.2, 0) is 23.7 Å². The number of halogens is 4. The number of alkyl halides is 4. The first kappa shape index (κ1) is 27.0. The molecule has 2 N–H and O–H groups in total. The summed E-state index contributed by atoms with van der Waals surface area (Å²) in [6.45, 7) is 12.8. The van der Waals surface area contributed by atoms with Gasteiger partial charge in [-0.2, -0.15) is 0 Å². The van der Waals surface area contributed by atoms with E-state index in [0.29, 0.717) is 5.75 Å². The Kier molecular flexibility index (Phi) is 10.6. The van der Waals surface area contributed by atoms with Crippen LogP contribution in [-0.4, -0.2) is 37.7 Å². The second kappa shape index (κ2) is 11.0. The van der Waals surface area contributed by atoms with E-state index in [9.17, 15) is 10.0 Å². The van der Waals surface area contributed by atoms with Crippen molar-refractivity contribution in [1.82, 2.24) is 0 Å². The molecule has 0 aliphatic rings. The van der Waals surface area contributed by atoms with Gasteiger partial charge in [0, 0.05) is 31.4 Å². The van der Waals surface area contributed by atoms with E-state index in [1.54, 1.807) is 0 Å². The Balaban J connectivity index is 3.93. The van der Waals surface area contributed by atoms with Crippen LogP contribution in [0.3, 0.4) is 0 Å². The molecule has 1 aromatic carbocycles. The normalized spacial score (nSPS) is 14.7. The minimum Gasteiger partial charge on any atom is -0.512 e. The fraction of sp³-hybridized carbons (Fsp3) is 0.700. The highest BCUT2D eigenvalue weighted by Crippen LogP contribution is 2.45. The van der Waals surface area contributed by atoms with E-state index in [-0.39, 0.29) is 20.5 Å². The van der Waals surface area contributed by atoms with Gasteiger partial charge in [-0.1, -0.05) is 111 Å². The summed E-state index contributed by atoms with van der Waals surface area (Å²) in [6, 6.07) is 2.28. The molecule has 8 heteroatoms. The molecule has 0 saturated carbocycles. The third-order valence-electron chi connectivity index (χ3n) is 4.39. The van der Waals surface area contributed by atoms with Gasteiger partial charge in [0.05, 0.1) is 0 Å². The Bertz CT molecular complexity index is 606. The quantitative estimate of drug-likeness (QED) is 0.267. The molecule has 160 valence electrons. The average molecular weight is 650 g/mol. The highest BCUT2D eigenvalue weighted by Gasteiger charge is 2.34. The summed E-state index contributed by atoms with van der Waals surface area (Å²) in [6.07, 6.45) is 1.63. The minimum absolute atomic E-state index is 0.222. The Morgan fingerprint density at radius 2 is 1.21 bits per heavy atom. The zero-order chi connectivity index (χ0) is 21.9. The number of hydrogen-bond acceptors (Lipinski definition) is 3. The van der Waals surface area contributed by atoms with Gasteiger partial charge in [-0.15, -0.1) is 0 Å². The molecule has 28 heavy (non-hydrogen) atoms. The molecular formula is C20H31BBr4O3. The molecule has 3 nitrogen and oxygen atoms in total. The summed E-state index contributed by atoms with van der Waals surface area (Å²) in [7, 11) is -1.86. The summed E-state index contributed by atoms with van der Waals surface area (Å²) in [4.78, 5) is 0.537. The Hall–Kier alpha value is 0.925. The van der Waals surface area contributed by atoms with E-state index >= 15 is 0 Å². The van der Waals surface area contributed by atoms with Crippen molar-refractivity contribution in [3.05, 3.63) is 28.3 Å². The molecule has 1 aromatic rings. The molecule has 0 aromatic heterocycles. The summed E-state index contributed by atoms with van der Waals surface area (Å²) >= 11 is 14.6. The highest BCUT2D eigenvalue weighted by atomic mass is 79.9. The molecule has 0 aliphatic carbocycles. The van der Waals surface area contributed by atoms with Gasteiger partial charge in [-0.25, -0.2) is 0 Å². The van der Waals surface area contributed by atoms with Crippen molar-refractivity contribution in [2.75, 3.05) is 10.7 Å². The van der Waals surface area contributed by atoms with Gasteiger partial charge >= 0.3 is 7.32 Å². The molecule has 0 heterocycles. The Morgan fingerprint density at radius 3 is 1.46 bits per heavy atom. The molecule has 1 rings (SSSR count). The largest absolute Gasteiger partial charge is 0.707 e. The van der Waals surface area contributed by atoms with Crippen LogP contribution in [0.1, 0.15) is 63.8 Å². The molecule has 0 radical (unpaired) electrons. The van der Waals surface area contributed by atoms with E-state index in [2.05, 4.69) is 111 Å². The van der Waals surface area contributed by atoms with Crippen LogP contribution < -0.4 is 4.65 Å². The molecule has 0 fully saturated rings. The van der Waals surface area contributed by atoms with Crippen LogP contribution in [0.15, 0.2) is 6.07 Å². The molecule has 2 unspecified atom stereocenters. The highest BCUT2D eigenvalue weighted by molar-refractivity contribution is 9.12. The first-order valence-corrected chi connectivity index (χ1v) is 13.4. The number of rotatable bonds is 8. The molecule has 0 bridgehead atoms. The van der Waals surface area contributed by atoms with Gasteiger partial charge in [-0.05, 0) is 34.8 Å². The lowest BCUT2D eigenvalue weighted by molar-refractivity contribution is 0.281. The Morgan fingerprint density at radius 1 is 0.857 bits per heavy atom. The van der Waals surface area contributed by atoms with Gasteiger partial charge < -0.3 is 14.7 Å². The molecule has 0 aliphatic heterocycles. The lowest BCUT2D eigenvalue weighted by atomic mass is 9.73. The minimum atomic E-state index is -1.86. The van der Waals surface area contributed by atoms with Crippen molar-refractivity contribution in [2.45, 2.75) is 74.9 Å². The zero-order valence-corrected chi connectivity index (χ0v) is 23.8. The first-order valence-electron chi connectivity index (χ1n) is 9.34. The van der Waals surface area contributed by atoms with Crippen molar-refractivity contribution in [3.63, 3.8) is 0 Å². The van der Waals surface area contributed by atoms with Crippen molar-refractivity contribution >= 4 is 71.0 Å². The maximum Gasteiger partial charge on any atom is 0.707 e. The second-order valence-corrected chi connectivity index (χ2v) is 13.0. The fourth-order valence-electron chi connectivity index (χ4n) is 3.55. The molecule has 0 spiro atoms. The standard InChI is InChI=1S/C20H31BBr4O3/c1-19(2,3)16-12(8-14(24)10-22)7-13(9-15(25)11-23)17(20(4,5)6)18(16)28-21(26)27/h7,14-15,26-27H,8-11H2,1-6H3. The fourth-order valence-corrected chi connectivity index (χ4v) is 4.70. The SMILES string of the molecule is CC(C)(C)c1c(CC(Br)CBr)cc(CC(Br)CBr)c(C(C)(C)C)c1OB(O)O. The summed E-state index contributed by atoms with van der Waals surface area (Å²) in [5, 5.41) is 21.1. The van der Waals surface area contributed by atoms with Crippen molar-refractivity contribution < 1.29 is 14.7 Å². The summed E-state index contributed by atoms with van der Waals surface area (Å²) in [5.74, 6) is 0.603. The van der Waals surface area contributed by atoms with E-state index < -0.39 is 7.32 Å². The predicted octanol–water partition coefficient (Wildman–Crippen LogP) is 6.03. The second-order valence-electron chi connectivity index (χ2n) is 9.13. The zero-order valence-electron chi connectivity index (χ0n) is 17.5. The Labute approximate surface area is 204 Å². The van der Waals surface area contributed by atoms with Crippen molar-refractivity contribution in [3.8, 4) is 5.75 Å². The van der Waals surface area contributed by atoms with Gasteiger partial charge in [0.15, 0.2) is 0 Å². The van der Waals surface area contributed by atoms with E-state index in [4.69, 9.17) is 4.65 Å². The predicted molar refractivity (Wildman–Crippen MR) is 135 cm³/mol. The van der Waals surface area contributed by atoms with Crippen LogP contribution in [0.4, 0.5) is 0 Å². The van der Waals surface area contributed by atoms with Gasteiger partial charge in [0.1, 0.15) is 5.75 Å². The number of hydrogen-bond donors (Lipinski definition) is 2. The molecule has 2 atom stereocenters. The first-order chi connectivity index (χ1) is 12.7. The topological polar surface area (TPSA) is 49.7 Å². The van der Waals surface area contributed by atoms with Crippen molar-refractivity contribution in [1.29, 1.82) is 0 Å². The van der Waals surface area contributed by atoms with Crippen molar-refractivity contribution in [2.24, 2.45) is 0 Å². The lowest BCUT2D eigenvalue weighted by Crippen LogP contribution is -2.30. The van der Waals surface area contributed by atoms with Crippen LogP contribution in [0.2, 0.25) is 0 Å². The third-order valence-corrected chi connectivity index (χ3v) is 8.98. The summed E-state index contributed by atoms with van der Waals surface area (Å²) in [5.41, 5.74) is 3.96. The van der Waals surface area contributed by atoms with Crippen LogP contribution in [0, 0.1) is 0 Å². The van der Waals surface area contributed by atoms with E-state index in [1.165, 1.54) is 11.1 Å². The van der Waals surface area contributed by atoms with Gasteiger partial charge in [0.25, 0.3) is 0 Å². The van der Waals surface area contributed by atoms with Crippen LogP contribution in [0.25, 0.3) is 0 Å². The molecule has 0 amide bonds. The van der Waals surface area contributed by atoms with E-state index in [1.807, 2.05) is 0 Å². The molecular weight excluding hydrogens is 619 g/mol. The third kappa shape index (κ3) is 7.56. The maximum atomic E-state index is 9.72. The summed E-state index contributed by atoms with van der Waals surface area (Å²) < 4.78 is 5.70. The smallest absolute Gasteiger partial charge is 0.512 e. The van der Waals surface area contributed by atoms with Gasteiger partial charge in [-0.3, -0.25) is 0 Å². The lowest BCUT2D eigenvalue weighted by Gasteiger charge is -2.35. The average Bonchev–Trinajstić information content (AvgIpc) is 2.51. The van der Waals surface area contributed by atoms with Gasteiger partial charge in [0.2, 0.25) is 0 Å². The van der Waals surface area contributed by atoms with Crippen LogP contribution >= 0.6 is 63.7 Å². The monoisotopic (exact) mass is 646 g/mol. The van der Waals surface area contributed by atoms with Crippen LogP contribution in [0.5, 0.6) is 5.75 Å². The maximum absolute atomic E-state index is 9.72. The number of benzene rings is 1.